The third-order valence-corrected chi connectivity index (χ3v) is 3.46. The largest absolute Gasteiger partial charge is 0.481 e. The van der Waals surface area contributed by atoms with Gasteiger partial charge in [0.2, 0.25) is 0 Å². The van der Waals surface area contributed by atoms with E-state index in [-0.39, 0.29) is 23.7 Å². The Balaban J connectivity index is 2.89. The van der Waals surface area contributed by atoms with Gasteiger partial charge in [-0.3, -0.25) is 4.79 Å². The van der Waals surface area contributed by atoms with E-state index < -0.39 is 5.97 Å². The van der Waals surface area contributed by atoms with Crippen molar-refractivity contribution in [1.29, 1.82) is 0 Å². The molecule has 1 unspecified atom stereocenters. The second kappa shape index (κ2) is 7.97. The predicted octanol–water partition coefficient (Wildman–Crippen LogP) is 4.25. The van der Waals surface area contributed by atoms with Gasteiger partial charge >= 0.3 is 11.9 Å². The SMILES string of the molecule is CCOC(=O)c1ccc(C(CCC(=O)O)CC(C)(C)C)cc1. The van der Waals surface area contributed by atoms with Crippen LogP contribution in [0.1, 0.15) is 68.8 Å². The fraction of sp³-hybridized carbons (Fsp3) is 0.556. The third-order valence-electron chi connectivity index (χ3n) is 3.46. The lowest BCUT2D eigenvalue weighted by atomic mass is 9.79. The summed E-state index contributed by atoms with van der Waals surface area (Å²) in [5.74, 6) is -0.929. The van der Waals surface area contributed by atoms with Gasteiger partial charge < -0.3 is 9.84 Å². The highest BCUT2D eigenvalue weighted by Crippen LogP contribution is 2.34. The molecule has 0 amide bonds. The van der Waals surface area contributed by atoms with E-state index in [0.717, 1.165) is 12.0 Å². The molecule has 1 atom stereocenters. The molecule has 1 aromatic rings. The third kappa shape index (κ3) is 6.29. The van der Waals surface area contributed by atoms with Crippen LogP contribution in [-0.4, -0.2) is 23.7 Å². The zero-order chi connectivity index (χ0) is 16.8. The van der Waals surface area contributed by atoms with Gasteiger partial charge in [0.15, 0.2) is 0 Å². The predicted molar refractivity (Wildman–Crippen MR) is 86.1 cm³/mol. The number of ether oxygens (including phenoxy) is 1. The standard InChI is InChI=1S/C18H26O4/c1-5-22-17(21)14-8-6-13(7-9-14)15(10-11-16(19)20)12-18(2,3)4/h6-9,15H,5,10-12H2,1-4H3,(H,19,20). The number of esters is 1. The summed E-state index contributed by atoms with van der Waals surface area (Å²) in [5.41, 5.74) is 1.71. The van der Waals surface area contributed by atoms with Gasteiger partial charge in [-0.25, -0.2) is 4.79 Å². The van der Waals surface area contributed by atoms with Crippen molar-refractivity contribution in [3.05, 3.63) is 35.4 Å². The van der Waals surface area contributed by atoms with Crippen LogP contribution in [0.4, 0.5) is 0 Å². The molecule has 0 fully saturated rings. The Bertz CT molecular complexity index is 497. The summed E-state index contributed by atoms with van der Waals surface area (Å²) >= 11 is 0. The van der Waals surface area contributed by atoms with Gasteiger partial charge in [0, 0.05) is 6.42 Å². The summed E-state index contributed by atoms with van der Waals surface area (Å²) in [4.78, 5) is 22.5. The lowest BCUT2D eigenvalue weighted by Crippen LogP contribution is -2.14. The summed E-state index contributed by atoms with van der Waals surface area (Å²) in [6.07, 6.45) is 1.66. The molecule has 22 heavy (non-hydrogen) atoms. The minimum atomic E-state index is -0.776. The Kier molecular flexibility index (Phi) is 6.60. The van der Waals surface area contributed by atoms with Gasteiger partial charge in [0.25, 0.3) is 0 Å². The molecule has 0 aliphatic carbocycles. The Morgan fingerprint density at radius 1 is 1.18 bits per heavy atom. The number of hydrogen-bond donors (Lipinski definition) is 1. The number of carboxylic acid groups (broad SMARTS) is 1. The van der Waals surface area contributed by atoms with E-state index in [1.54, 1.807) is 19.1 Å². The smallest absolute Gasteiger partial charge is 0.338 e. The highest BCUT2D eigenvalue weighted by atomic mass is 16.5. The number of benzene rings is 1. The molecule has 1 rings (SSSR count). The van der Waals surface area contributed by atoms with Crippen molar-refractivity contribution in [2.45, 2.75) is 52.9 Å². The van der Waals surface area contributed by atoms with Crippen molar-refractivity contribution in [1.82, 2.24) is 0 Å². The molecule has 0 saturated heterocycles. The molecule has 4 nitrogen and oxygen atoms in total. The average Bonchev–Trinajstić information content (AvgIpc) is 2.42. The Morgan fingerprint density at radius 2 is 1.77 bits per heavy atom. The summed E-state index contributed by atoms with van der Waals surface area (Å²) < 4.78 is 4.97. The van der Waals surface area contributed by atoms with E-state index in [0.29, 0.717) is 18.6 Å². The minimum Gasteiger partial charge on any atom is -0.481 e. The van der Waals surface area contributed by atoms with Gasteiger partial charge in [-0.05, 0) is 48.8 Å². The van der Waals surface area contributed by atoms with Crippen molar-refractivity contribution in [3.63, 3.8) is 0 Å². The Hall–Kier alpha value is -1.84. The van der Waals surface area contributed by atoms with Crippen LogP contribution < -0.4 is 0 Å². The van der Waals surface area contributed by atoms with E-state index >= 15 is 0 Å². The van der Waals surface area contributed by atoms with Gasteiger partial charge in [-0.2, -0.15) is 0 Å². The first kappa shape index (κ1) is 18.2. The van der Waals surface area contributed by atoms with Gasteiger partial charge in [0.05, 0.1) is 12.2 Å². The van der Waals surface area contributed by atoms with Crippen LogP contribution in [0, 0.1) is 5.41 Å². The molecule has 0 spiro atoms. The van der Waals surface area contributed by atoms with Crippen molar-refractivity contribution in [2.75, 3.05) is 6.61 Å². The van der Waals surface area contributed by atoms with Crippen LogP contribution >= 0.6 is 0 Å². The second-order valence-electron chi connectivity index (χ2n) is 6.74. The Morgan fingerprint density at radius 3 is 2.23 bits per heavy atom. The minimum absolute atomic E-state index is 0.114. The number of carboxylic acids is 1. The molecule has 0 heterocycles. The summed E-state index contributed by atoms with van der Waals surface area (Å²) in [7, 11) is 0. The van der Waals surface area contributed by atoms with Crippen molar-refractivity contribution < 1.29 is 19.4 Å². The van der Waals surface area contributed by atoms with Crippen LogP contribution in [-0.2, 0) is 9.53 Å². The fourth-order valence-electron chi connectivity index (χ4n) is 2.53. The molecule has 122 valence electrons. The van der Waals surface area contributed by atoms with Crippen LogP contribution in [0.25, 0.3) is 0 Å². The maximum atomic E-state index is 11.7. The molecule has 1 N–H and O–H groups in total. The van der Waals surface area contributed by atoms with E-state index in [4.69, 9.17) is 9.84 Å². The van der Waals surface area contributed by atoms with Gasteiger partial charge in [-0.1, -0.05) is 32.9 Å². The fourth-order valence-corrected chi connectivity index (χ4v) is 2.53. The van der Waals surface area contributed by atoms with Crippen molar-refractivity contribution in [3.8, 4) is 0 Å². The van der Waals surface area contributed by atoms with Crippen LogP contribution in [0.3, 0.4) is 0 Å². The van der Waals surface area contributed by atoms with E-state index in [1.165, 1.54) is 0 Å². The molecular formula is C18H26O4. The van der Waals surface area contributed by atoms with Crippen molar-refractivity contribution >= 4 is 11.9 Å². The molecule has 0 aliphatic rings. The molecule has 4 heteroatoms. The molecule has 0 radical (unpaired) electrons. The number of carbonyl (C=O) groups excluding carboxylic acids is 1. The normalized spacial score (nSPS) is 12.7. The highest BCUT2D eigenvalue weighted by molar-refractivity contribution is 5.89. The Labute approximate surface area is 132 Å². The number of hydrogen-bond acceptors (Lipinski definition) is 3. The summed E-state index contributed by atoms with van der Waals surface area (Å²) in [6.45, 7) is 8.57. The number of aliphatic carboxylic acids is 1. The molecule has 1 aromatic carbocycles. The maximum absolute atomic E-state index is 11.7. The van der Waals surface area contributed by atoms with Crippen LogP contribution in [0.5, 0.6) is 0 Å². The highest BCUT2D eigenvalue weighted by Gasteiger charge is 2.21. The summed E-state index contributed by atoms with van der Waals surface area (Å²) in [6, 6.07) is 7.32. The van der Waals surface area contributed by atoms with E-state index in [2.05, 4.69) is 20.8 Å². The quantitative estimate of drug-likeness (QED) is 0.765. The second-order valence-corrected chi connectivity index (χ2v) is 6.74. The average molecular weight is 306 g/mol. The molecular weight excluding hydrogens is 280 g/mol. The lowest BCUT2D eigenvalue weighted by Gasteiger charge is -2.26. The van der Waals surface area contributed by atoms with E-state index in [9.17, 15) is 9.59 Å². The zero-order valence-corrected chi connectivity index (χ0v) is 13.9. The lowest BCUT2D eigenvalue weighted by molar-refractivity contribution is -0.137. The topological polar surface area (TPSA) is 63.6 Å². The molecule has 0 bridgehead atoms. The molecule has 0 saturated carbocycles. The van der Waals surface area contributed by atoms with Gasteiger partial charge in [-0.15, -0.1) is 0 Å². The molecule has 0 aromatic heterocycles. The monoisotopic (exact) mass is 306 g/mol. The summed E-state index contributed by atoms with van der Waals surface area (Å²) in [5, 5.41) is 8.92. The first-order valence-electron chi connectivity index (χ1n) is 7.72. The van der Waals surface area contributed by atoms with Crippen LogP contribution in [0.2, 0.25) is 0 Å². The molecule has 0 aliphatic heterocycles. The van der Waals surface area contributed by atoms with Crippen LogP contribution in [0.15, 0.2) is 24.3 Å². The first-order valence-corrected chi connectivity index (χ1v) is 7.72. The zero-order valence-electron chi connectivity index (χ0n) is 13.9. The van der Waals surface area contributed by atoms with E-state index in [1.807, 2.05) is 12.1 Å². The van der Waals surface area contributed by atoms with Crippen molar-refractivity contribution in [2.24, 2.45) is 5.41 Å². The van der Waals surface area contributed by atoms with Gasteiger partial charge in [0.1, 0.15) is 0 Å². The number of carbonyl (C=O) groups is 2. The number of rotatable bonds is 7. The maximum Gasteiger partial charge on any atom is 0.338 e. The first-order chi connectivity index (χ1) is 10.2.